The summed E-state index contributed by atoms with van der Waals surface area (Å²) in [5.74, 6) is 0.906. The zero-order valence-electron chi connectivity index (χ0n) is 13.1. The lowest BCUT2D eigenvalue weighted by molar-refractivity contribution is 0.0621. The Balaban J connectivity index is 1.51. The van der Waals surface area contributed by atoms with Gasteiger partial charge in [0.25, 0.3) is 5.56 Å². The second-order valence-electron chi connectivity index (χ2n) is 6.84. The van der Waals surface area contributed by atoms with Crippen molar-refractivity contribution >= 4 is 0 Å². The number of aliphatic hydroxyl groups excluding tert-OH is 1. The summed E-state index contributed by atoms with van der Waals surface area (Å²) in [5, 5.41) is 10.5. The van der Waals surface area contributed by atoms with Crippen molar-refractivity contribution in [1.82, 2.24) is 9.47 Å². The highest BCUT2D eigenvalue weighted by Gasteiger charge is 2.34. The number of aliphatic hydroxyl groups is 1. The first-order valence-corrected chi connectivity index (χ1v) is 8.36. The zero-order valence-corrected chi connectivity index (χ0v) is 13.1. The van der Waals surface area contributed by atoms with E-state index in [-0.39, 0.29) is 5.56 Å². The van der Waals surface area contributed by atoms with Crippen molar-refractivity contribution in [3.63, 3.8) is 0 Å². The van der Waals surface area contributed by atoms with E-state index >= 15 is 0 Å². The molecule has 4 nitrogen and oxygen atoms in total. The number of fused-ring (bicyclic) bond motifs is 4. The molecule has 3 atom stereocenters. The molecule has 1 fully saturated rings. The average Bonchev–Trinajstić information content (AvgIpc) is 2.57. The molecule has 1 aromatic heterocycles. The molecule has 0 radical (unpaired) electrons. The Morgan fingerprint density at radius 2 is 1.87 bits per heavy atom. The fraction of sp³-hybridized carbons (Fsp3) is 0.421. The summed E-state index contributed by atoms with van der Waals surface area (Å²) in [6.45, 7) is 3.35. The van der Waals surface area contributed by atoms with Gasteiger partial charge in [-0.1, -0.05) is 36.4 Å². The van der Waals surface area contributed by atoms with Gasteiger partial charge in [0.1, 0.15) is 0 Å². The fourth-order valence-corrected chi connectivity index (χ4v) is 4.17. The first-order chi connectivity index (χ1) is 11.2. The van der Waals surface area contributed by atoms with Gasteiger partial charge in [-0.3, -0.25) is 9.69 Å². The second kappa shape index (κ2) is 5.95. The van der Waals surface area contributed by atoms with Crippen LogP contribution in [0.4, 0.5) is 0 Å². The molecule has 3 heterocycles. The van der Waals surface area contributed by atoms with Gasteiger partial charge in [0.15, 0.2) is 0 Å². The van der Waals surface area contributed by atoms with E-state index in [0.29, 0.717) is 18.4 Å². The van der Waals surface area contributed by atoms with Gasteiger partial charge in [0.05, 0.1) is 6.10 Å². The summed E-state index contributed by atoms with van der Waals surface area (Å²) in [6.07, 6.45) is 0.703. The number of benzene rings is 1. The van der Waals surface area contributed by atoms with E-state index < -0.39 is 6.10 Å². The molecule has 4 rings (SSSR count). The van der Waals surface area contributed by atoms with E-state index in [4.69, 9.17) is 0 Å². The van der Waals surface area contributed by atoms with Crippen LogP contribution in [-0.2, 0) is 6.54 Å². The smallest absolute Gasteiger partial charge is 0.250 e. The van der Waals surface area contributed by atoms with Crippen LogP contribution < -0.4 is 5.56 Å². The number of aromatic nitrogens is 1. The number of likely N-dealkylation sites (tertiary alicyclic amines) is 1. The summed E-state index contributed by atoms with van der Waals surface area (Å²) in [7, 11) is 0. The molecule has 2 aliphatic heterocycles. The Kier molecular flexibility index (Phi) is 3.79. The number of piperidine rings is 1. The third-order valence-electron chi connectivity index (χ3n) is 5.17. The monoisotopic (exact) mass is 310 g/mol. The molecule has 1 saturated heterocycles. The van der Waals surface area contributed by atoms with E-state index in [2.05, 4.69) is 11.0 Å². The third kappa shape index (κ3) is 2.84. The minimum absolute atomic E-state index is 0.120. The zero-order chi connectivity index (χ0) is 15.8. The Bertz CT molecular complexity index is 741. The van der Waals surface area contributed by atoms with Crippen molar-refractivity contribution in [2.45, 2.75) is 25.0 Å². The van der Waals surface area contributed by atoms with Crippen molar-refractivity contribution in [1.29, 1.82) is 0 Å². The molecular formula is C19H22N2O2. The molecule has 0 saturated carbocycles. The molecule has 2 aromatic rings. The summed E-state index contributed by atoms with van der Waals surface area (Å²) in [5.41, 5.74) is 2.25. The molecule has 2 bridgehead atoms. The van der Waals surface area contributed by atoms with Gasteiger partial charge >= 0.3 is 0 Å². The standard InChI is InChI=1S/C19H22N2O2/c22-18(15-5-2-1-3-6-15)13-20-10-14-9-16(12-20)17-7-4-8-19(23)21(17)11-14/h1-8,14,16,18,22H,9-13H2/t14-,16+,18-/m1/s1. The van der Waals surface area contributed by atoms with Gasteiger partial charge < -0.3 is 9.67 Å². The van der Waals surface area contributed by atoms with Crippen LogP contribution in [0.5, 0.6) is 0 Å². The number of hydrogen-bond acceptors (Lipinski definition) is 3. The van der Waals surface area contributed by atoms with Crippen LogP contribution in [-0.4, -0.2) is 34.2 Å². The lowest BCUT2D eigenvalue weighted by atomic mass is 9.83. The Morgan fingerprint density at radius 1 is 1.04 bits per heavy atom. The van der Waals surface area contributed by atoms with E-state index in [1.165, 1.54) is 0 Å². The molecule has 0 unspecified atom stereocenters. The first-order valence-electron chi connectivity index (χ1n) is 8.36. The van der Waals surface area contributed by atoms with Crippen LogP contribution in [0.15, 0.2) is 53.3 Å². The molecule has 2 aliphatic rings. The topological polar surface area (TPSA) is 45.5 Å². The van der Waals surface area contributed by atoms with Crippen molar-refractivity contribution in [3.8, 4) is 0 Å². The molecule has 1 N–H and O–H groups in total. The van der Waals surface area contributed by atoms with Crippen molar-refractivity contribution in [2.24, 2.45) is 5.92 Å². The SMILES string of the molecule is O=c1cccc2n1C[C@@H]1C[C@H]2CN(C[C@@H](O)c2ccccc2)C1. The van der Waals surface area contributed by atoms with E-state index in [1.54, 1.807) is 6.07 Å². The largest absolute Gasteiger partial charge is 0.387 e. The van der Waals surface area contributed by atoms with Crippen LogP contribution in [0.25, 0.3) is 0 Å². The third-order valence-corrected chi connectivity index (χ3v) is 5.17. The van der Waals surface area contributed by atoms with E-state index in [9.17, 15) is 9.90 Å². The van der Waals surface area contributed by atoms with Gasteiger partial charge in [-0.2, -0.15) is 0 Å². The highest BCUT2D eigenvalue weighted by molar-refractivity contribution is 5.19. The number of hydrogen-bond donors (Lipinski definition) is 1. The minimum Gasteiger partial charge on any atom is -0.387 e. The van der Waals surface area contributed by atoms with E-state index in [1.807, 2.05) is 41.0 Å². The van der Waals surface area contributed by atoms with Crippen molar-refractivity contribution in [3.05, 3.63) is 70.1 Å². The summed E-state index contributed by atoms with van der Waals surface area (Å²) in [4.78, 5) is 14.4. The van der Waals surface area contributed by atoms with Crippen LogP contribution in [0, 0.1) is 5.92 Å². The van der Waals surface area contributed by atoms with Gasteiger partial charge in [-0.25, -0.2) is 0 Å². The summed E-state index contributed by atoms with van der Waals surface area (Å²) < 4.78 is 1.95. The Hall–Kier alpha value is -1.91. The van der Waals surface area contributed by atoms with Gasteiger partial charge in [0, 0.05) is 43.9 Å². The van der Waals surface area contributed by atoms with Crippen LogP contribution >= 0.6 is 0 Å². The summed E-state index contributed by atoms with van der Waals surface area (Å²) >= 11 is 0. The molecular weight excluding hydrogens is 288 g/mol. The predicted molar refractivity (Wildman–Crippen MR) is 89.4 cm³/mol. The molecule has 120 valence electrons. The molecule has 23 heavy (non-hydrogen) atoms. The average molecular weight is 310 g/mol. The van der Waals surface area contributed by atoms with Crippen LogP contribution in [0.3, 0.4) is 0 Å². The Labute approximate surface area is 136 Å². The van der Waals surface area contributed by atoms with Gasteiger partial charge in [-0.05, 0) is 24.0 Å². The lowest BCUT2D eigenvalue weighted by Gasteiger charge is -2.43. The second-order valence-corrected chi connectivity index (χ2v) is 6.84. The molecule has 4 heteroatoms. The minimum atomic E-state index is -0.451. The molecule has 1 aromatic carbocycles. The van der Waals surface area contributed by atoms with Crippen molar-refractivity contribution in [2.75, 3.05) is 19.6 Å². The predicted octanol–water partition coefficient (Wildman–Crippen LogP) is 2.00. The van der Waals surface area contributed by atoms with Gasteiger partial charge in [-0.15, -0.1) is 0 Å². The lowest BCUT2D eigenvalue weighted by Crippen LogP contribution is -2.48. The maximum atomic E-state index is 12.0. The number of nitrogens with zero attached hydrogens (tertiary/aromatic N) is 2. The molecule has 0 spiro atoms. The molecule has 0 amide bonds. The highest BCUT2D eigenvalue weighted by Crippen LogP contribution is 2.35. The normalized spacial score (nSPS) is 24.9. The fourth-order valence-electron chi connectivity index (χ4n) is 4.17. The number of pyridine rings is 1. The Morgan fingerprint density at radius 3 is 2.70 bits per heavy atom. The molecule has 0 aliphatic carbocycles. The van der Waals surface area contributed by atoms with E-state index in [0.717, 1.165) is 37.3 Å². The van der Waals surface area contributed by atoms with Crippen molar-refractivity contribution < 1.29 is 5.11 Å². The number of rotatable bonds is 3. The highest BCUT2D eigenvalue weighted by atomic mass is 16.3. The first kappa shape index (κ1) is 14.7. The quantitative estimate of drug-likeness (QED) is 0.943. The summed E-state index contributed by atoms with van der Waals surface area (Å²) in [6, 6.07) is 15.5. The van der Waals surface area contributed by atoms with Crippen LogP contribution in [0.2, 0.25) is 0 Å². The number of β-amino-alcohol motifs (C(OH)–C–C–N with tert-alkyl or cyclic N) is 1. The maximum Gasteiger partial charge on any atom is 0.250 e. The van der Waals surface area contributed by atoms with Gasteiger partial charge in [0.2, 0.25) is 0 Å². The van der Waals surface area contributed by atoms with Crippen LogP contribution in [0.1, 0.15) is 29.7 Å². The maximum absolute atomic E-state index is 12.0.